The lowest BCUT2D eigenvalue weighted by molar-refractivity contribution is -0.140. The molecule has 0 bridgehead atoms. The van der Waals surface area contributed by atoms with Crippen LogP contribution < -0.4 is 10.1 Å². The summed E-state index contributed by atoms with van der Waals surface area (Å²) in [4.78, 5) is 27.0. The van der Waals surface area contributed by atoms with Crippen molar-refractivity contribution in [2.45, 2.75) is 43.9 Å². The number of halogens is 1. The minimum atomic E-state index is -0.962. The van der Waals surface area contributed by atoms with Crippen molar-refractivity contribution in [1.82, 2.24) is 10.2 Å². The van der Waals surface area contributed by atoms with Gasteiger partial charge >= 0.3 is 5.97 Å². The zero-order valence-corrected chi connectivity index (χ0v) is 19.6. The molecule has 0 unspecified atom stereocenters. The summed E-state index contributed by atoms with van der Waals surface area (Å²) in [6.45, 7) is 4.52. The molecule has 2 aliphatic heterocycles. The smallest absolute Gasteiger partial charge is 0.335 e. The van der Waals surface area contributed by atoms with Crippen molar-refractivity contribution in [2.75, 3.05) is 26.3 Å². The van der Waals surface area contributed by atoms with E-state index >= 15 is 0 Å². The first-order valence-corrected chi connectivity index (χ1v) is 11.2. The van der Waals surface area contributed by atoms with Gasteiger partial charge < -0.3 is 19.9 Å². The lowest BCUT2D eigenvalue weighted by Gasteiger charge is -2.43. The quantitative estimate of drug-likeness (QED) is 0.636. The van der Waals surface area contributed by atoms with Crippen LogP contribution >= 0.6 is 12.4 Å². The van der Waals surface area contributed by atoms with Crippen LogP contribution in [-0.2, 0) is 9.53 Å². The summed E-state index contributed by atoms with van der Waals surface area (Å²) < 4.78 is 11.7. The van der Waals surface area contributed by atoms with Gasteiger partial charge in [-0.3, -0.25) is 9.69 Å². The van der Waals surface area contributed by atoms with Crippen LogP contribution in [0.1, 0.15) is 48.1 Å². The number of nitrogens with zero attached hydrogens (tertiary/aromatic N) is 1. The minimum absolute atomic E-state index is 0. The molecular formula is C25H31ClN2O5. The number of carboxylic acid groups (broad SMARTS) is 1. The fourth-order valence-corrected chi connectivity index (χ4v) is 4.63. The Kier molecular flexibility index (Phi) is 8.35. The molecule has 8 heteroatoms. The number of amides is 1. The zero-order chi connectivity index (χ0) is 22.6. The largest absolute Gasteiger partial charge is 0.489 e. The Morgan fingerprint density at radius 2 is 1.79 bits per heavy atom. The molecule has 0 aromatic heterocycles. The van der Waals surface area contributed by atoms with Crippen molar-refractivity contribution < 1.29 is 24.2 Å². The first-order valence-electron chi connectivity index (χ1n) is 11.2. The topological polar surface area (TPSA) is 88.1 Å². The van der Waals surface area contributed by atoms with Crippen molar-refractivity contribution in [2.24, 2.45) is 0 Å². The van der Waals surface area contributed by atoms with Crippen LogP contribution in [-0.4, -0.2) is 59.8 Å². The fourth-order valence-electron chi connectivity index (χ4n) is 4.63. The fraction of sp³-hybridized carbons (Fsp3) is 0.440. The third kappa shape index (κ3) is 5.66. The molecule has 2 N–H and O–H groups in total. The second-order valence-corrected chi connectivity index (χ2v) is 8.55. The van der Waals surface area contributed by atoms with Crippen LogP contribution in [0.5, 0.6) is 5.75 Å². The van der Waals surface area contributed by atoms with Crippen LogP contribution in [0.4, 0.5) is 0 Å². The van der Waals surface area contributed by atoms with Crippen molar-refractivity contribution in [1.29, 1.82) is 0 Å². The average Bonchev–Trinajstić information content (AvgIpc) is 3.29. The SMILES string of the molecule is C[C@H](NC(=O)C1(N2CC[C@@H](Oc3ccccc3)C2)CCOCC1)c1ccc(C(=O)O)cc1.Cl. The maximum Gasteiger partial charge on any atom is 0.335 e. The van der Waals surface area contributed by atoms with E-state index in [1.54, 1.807) is 24.3 Å². The van der Waals surface area contributed by atoms with E-state index in [1.807, 2.05) is 37.3 Å². The number of carboxylic acids is 1. The molecule has 2 heterocycles. The average molecular weight is 475 g/mol. The van der Waals surface area contributed by atoms with Gasteiger partial charge in [0, 0.05) is 26.3 Å². The van der Waals surface area contributed by atoms with Crippen molar-refractivity contribution in [3.63, 3.8) is 0 Å². The molecule has 2 saturated heterocycles. The number of hydrogen-bond acceptors (Lipinski definition) is 5. The third-order valence-electron chi connectivity index (χ3n) is 6.54. The summed E-state index contributed by atoms with van der Waals surface area (Å²) in [5.41, 5.74) is 0.481. The first kappa shape index (κ1) is 25.0. The predicted molar refractivity (Wildman–Crippen MR) is 127 cm³/mol. The Hall–Kier alpha value is -2.61. The van der Waals surface area contributed by atoms with Crippen LogP contribution in [0.2, 0.25) is 0 Å². The molecule has 0 radical (unpaired) electrons. The van der Waals surface area contributed by atoms with Gasteiger partial charge in [0.15, 0.2) is 0 Å². The van der Waals surface area contributed by atoms with E-state index in [-0.39, 0.29) is 36.0 Å². The van der Waals surface area contributed by atoms with E-state index < -0.39 is 11.5 Å². The molecule has 1 amide bonds. The molecule has 0 saturated carbocycles. The third-order valence-corrected chi connectivity index (χ3v) is 6.54. The first-order chi connectivity index (χ1) is 15.5. The summed E-state index contributed by atoms with van der Waals surface area (Å²) in [6.07, 6.45) is 2.20. The molecule has 7 nitrogen and oxygen atoms in total. The highest BCUT2D eigenvalue weighted by Crippen LogP contribution is 2.33. The van der Waals surface area contributed by atoms with Gasteiger partial charge in [-0.25, -0.2) is 4.79 Å². The molecule has 2 aromatic carbocycles. The second-order valence-electron chi connectivity index (χ2n) is 8.55. The number of rotatable bonds is 7. The maximum absolute atomic E-state index is 13.6. The number of likely N-dealkylation sites (tertiary alicyclic amines) is 1. The summed E-state index contributed by atoms with van der Waals surface area (Å²) >= 11 is 0. The van der Waals surface area contributed by atoms with E-state index in [0.717, 1.165) is 24.3 Å². The van der Waals surface area contributed by atoms with Gasteiger partial charge in [0.25, 0.3) is 0 Å². The lowest BCUT2D eigenvalue weighted by Crippen LogP contribution is -2.61. The Morgan fingerprint density at radius 1 is 1.12 bits per heavy atom. The highest BCUT2D eigenvalue weighted by atomic mass is 35.5. The predicted octanol–water partition coefficient (Wildman–Crippen LogP) is 3.69. The molecule has 0 spiro atoms. The molecule has 33 heavy (non-hydrogen) atoms. The number of nitrogens with one attached hydrogen (secondary N) is 1. The standard InChI is InChI=1S/C25H30N2O5.ClH/c1-18(19-7-9-20(10-8-19)23(28)29)26-24(30)25(12-15-31-16-13-25)27-14-11-22(17-27)32-21-5-3-2-4-6-21;/h2-10,18,22H,11-17H2,1H3,(H,26,30)(H,28,29);1H/t18-,22+;/m0./s1. The molecule has 2 aromatic rings. The van der Waals surface area contributed by atoms with Gasteiger partial charge in [-0.1, -0.05) is 30.3 Å². The van der Waals surface area contributed by atoms with Gasteiger partial charge in [-0.15, -0.1) is 12.4 Å². The summed E-state index contributed by atoms with van der Waals surface area (Å²) in [7, 11) is 0. The van der Waals surface area contributed by atoms with E-state index in [2.05, 4.69) is 10.2 Å². The number of para-hydroxylation sites is 1. The highest BCUT2D eigenvalue weighted by Gasteiger charge is 2.48. The van der Waals surface area contributed by atoms with Crippen molar-refractivity contribution in [3.8, 4) is 5.75 Å². The normalized spacial score (nSPS) is 20.9. The monoisotopic (exact) mass is 474 g/mol. The van der Waals surface area contributed by atoms with Gasteiger partial charge in [-0.05, 0) is 56.0 Å². The van der Waals surface area contributed by atoms with Crippen LogP contribution in [0.15, 0.2) is 54.6 Å². The van der Waals surface area contributed by atoms with Crippen molar-refractivity contribution in [3.05, 3.63) is 65.7 Å². The van der Waals surface area contributed by atoms with Gasteiger partial charge in [0.1, 0.15) is 17.4 Å². The van der Waals surface area contributed by atoms with Crippen LogP contribution in [0.3, 0.4) is 0 Å². The van der Waals surface area contributed by atoms with E-state index in [4.69, 9.17) is 14.6 Å². The Morgan fingerprint density at radius 3 is 2.42 bits per heavy atom. The number of benzene rings is 2. The summed E-state index contributed by atoms with van der Waals surface area (Å²) in [5, 5.41) is 12.3. The molecule has 178 valence electrons. The number of carbonyl (C=O) groups excluding carboxylic acids is 1. The van der Waals surface area contributed by atoms with Gasteiger partial charge in [-0.2, -0.15) is 0 Å². The van der Waals surface area contributed by atoms with E-state index in [9.17, 15) is 9.59 Å². The Bertz CT molecular complexity index is 932. The molecule has 4 rings (SSSR count). The zero-order valence-electron chi connectivity index (χ0n) is 18.7. The Balaban J connectivity index is 0.00000306. The summed E-state index contributed by atoms with van der Waals surface area (Å²) in [6, 6.07) is 16.2. The number of hydrogen-bond donors (Lipinski definition) is 2. The Labute approximate surface area is 200 Å². The second kappa shape index (κ2) is 11.0. The highest BCUT2D eigenvalue weighted by molar-refractivity contribution is 5.88. The molecule has 2 fully saturated rings. The molecule has 2 atom stereocenters. The molecule has 2 aliphatic rings. The maximum atomic E-state index is 13.6. The number of aromatic carboxylic acids is 1. The van der Waals surface area contributed by atoms with Crippen LogP contribution in [0.25, 0.3) is 0 Å². The van der Waals surface area contributed by atoms with Crippen LogP contribution in [0, 0.1) is 0 Å². The minimum Gasteiger partial charge on any atom is -0.489 e. The lowest BCUT2D eigenvalue weighted by atomic mass is 9.86. The van der Waals surface area contributed by atoms with Gasteiger partial charge in [0.2, 0.25) is 5.91 Å². The number of ether oxygens (including phenoxy) is 2. The molecule has 0 aliphatic carbocycles. The summed E-state index contributed by atoms with van der Waals surface area (Å²) in [5.74, 6) is -0.116. The van der Waals surface area contributed by atoms with E-state index in [0.29, 0.717) is 32.6 Å². The van der Waals surface area contributed by atoms with Crippen molar-refractivity contribution >= 4 is 24.3 Å². The van der Waals surface area contributed by atoms with E-state index in [1.165, 1.54) is 0 Å². The molecular weight excluding hydrogens is 444 g/mol. The van der Waals surface area contributed by atoms with Gasteiger partial charge in [0.05, 0.1) is 11.6 Å². The number of carbonyl (C=O) groups is 2.